The molecular weight excluding hydrogens is 319 g/mol. The second kappa shape index (κ2) is 7.20. The van der Waals surface area contributed by atoms with Crippen LogP contribution in [0.5, 0.6) is 0 Å². The van der Waals surface area contributed by atoms with Gasteiger partial charge in [-0.2, -0.15) is 0 Å². The highest BCUT2D eigenvalue weighted by Gasteiger charge is 2.28. The largest absolute Gasteiger partial charge is 0.353 e. The van der Waals surface area contributed by atoms with Gasteiger partial charge in [-0.3, -0.25) is 9.69 Å². The number of carbonyl (C=O) groups is 1. The van der Waals surface area contributed by atoms with Crippen molar-refractivity contribution in [3.05, 3.63) is 33.8 Å². The average molecular weight is 341 g/mol. The lowest BCUT2D eigenvalue weighted by Crippen LogP contribution is -2.47. The molecule has 2 fully saturated rings. The Morgan fingerprint density at radius 2 is 1.86 bits per heavy atom. The van der Waals surface area contributed by atoms with Gasteiger partial charge in [-0.25, -0.2) is 0 Å². The molecule has 1 aliphatic heterocycles. The molecule has 22 heavy (non-hydrogen) atoms. The maximum absolute atomic E-state index is 12.0. The van der Waals surface area contributed by atoms with Crippen LogP contribution < -0.4 is 5.32 Å². The maximum Gasteiger partial charge on any atom is 0.223 e. The molecule has 1 saturated carbocycles. The van der Waals surface area contributed by atoms with Crippen LogP contribution in [0.25, 0.3) is 0 Å². The van der Waals surface area contributed by atoms with Crippen molar-refractivity contribution in [3.8, 4) is 0 Å². The number of carbonyl (C=O) groups excluding carboxylic acids is 1. The number of halogens is 2. The first kappa shape index (κ1) is 16.1. The number of rotatable bonds is 4. The quantitative estimate of drug-likeness (QED) is 0.902. The molecule has 1 aromatic rings. The first-order valence-electron chi connectivity index (χ1n) is 8.08. The van der Waals surface area contributed by atoms with Crippen LogP contribution in [0.4, 0.5) is 0 Å². The first-order chi connectivity index (χ1) is 10.6. The van der Waals surface area contributed by atoms with Crippen molar-refractivity contribution in [1.29, 1.82) is 0 Å². The summed E-state index contributed by atoms with van der Waals surface area (Å²) < 4.78 is 0. The highest BCUT2D eigenvalue weighted by Crippen LogP contribution is 2.27. The Balaban J connectivity index is 1.45. The molecule has 3 nitrogen and oxygen atoms in total. The van der Waals surface area contributed by atoms with E-state index in [1.165, 1.54) is 12.0 Å². The smallest absolute Gasteiger partial charge is 0.223 e. The van der Waals surface area contributed by atoms with E-state index in [2.05, 4.69) is 10.2 Å². The Morgan fingerprint density at radius 3 is 2.45 bits per heavy atom. The Kier molecular flexibility index (Phi) is 5.27. The fourth-order valence-corrected chi connectivity index (χ4v) is 3.44. The summed E-state index contributed by atoms with van der Waals surface area (Å²) in [5.74, 6) is 0.559. The number of benzene rings is 1. The number of hydrogen-bond donors (Lipinski definition) is 1. The van der Waals surface area contributed by atoms with Crippen molar-refractivity contribution in [2.45, 2.75) is 44.7 Å². The van der Waals surface area contributed by atoms with Crippen LogP contribution >= 0.6 is 23.2 Å². The van der Waals surface area contributed by atoms with E-state index < -0.39 is 0 Å². The number of piperidine rings is 1. The van der Waals surface area contributed by atoms with Crippen molar-refractivity contribution in [2.75, 3.05) is 13.1 Å². The lowest BCUT2D eigenvalue weighted by atomic mass is 9.84. The summed E-state index contributed by atoms with van der Waals surface area (Å²) in [4.78, 5) is 14.4. The molecule has 5 heteroatoms. The third-order valence-corrected chi connectivity index (χ3v) is 5.54. The van der Waals surface area contributed by atoms with Crippen LogP contribution in [0.2, 0.25) is 10.0 Å². The SMILES string of the molecule is O=C(NC1CCN(Cc2ccc(Cl)c(Cl)c2)CC1)C1CCC1. The summed E-state index contributed by atoms with van der Waals surface area (Å²) in [7, 11) is 0. The van der Waals surface area contributed by atoms with E-state index in [0.29, 0.717) is 16.1 Å². The van der Waals surface area contributed by atoms with Gasteiger partial charge < -0.3 is 5.32 Å². The predicted octanol–water partition coefficient (Wildman–Crippen LogP) is 3.87. The molecule has 1 heterocycles. The summed E-state index contributed by atoms with van der Waals surface area (Å²) >= 11 is 12.0. The fraction of sp³-hybridized carbons (Fsp3) is 0.588. The third-order valence-electron chi connectivity index (χ3n) is 4.80. The Hall–Kier alpha value is -0.770. The van der Waals surface area contributed by atoms with Crippen LogP contribution in [-0.2, 0) is 11.3 Å². The molecule has 0 unspecified atom stereocenters. The van der Waals surface area contributed by atoms with Crippen molar-refractivity contribution in [2.24, 2.45) is 5.92 Å². The zero-order valence-electron chi connectivity index (χ0n) is 12.7. The molecule has 3 rings (SSSR count). The zero-order chi connectivity index (χ0) is 15.5. The second-order valence-corrected chi connectivity index (χ2v) is 7.25. The van der Waals surface area contributed by atoms with Gasteiger partial charge in [0.15, 0.2) is 0 Å². The van der Waals surface area contributed by atoms with Crippen LogP contribution in [0.15, 0.2) is 18.2 Å². The first-order valence-corrected chi connectivity index (χ1v) is 8.84. The standard InChI is InChI=1S/C17H22Cl2N2O/c18-15-5-4-12(10-16(15)19)11-21-8-6-14(7-9-21)20-17(22)13-2-1-3-13/h4-5,10,13-14H,1-3,6-9,11H2,(H,20,22). The molecule has 1 N–H and O–H groups in total. The summed E-state index contributed by atoms with van der Waals surface area (Å²) in [6.07, 6.45) is 5.41. The lowest BCUT2D eigenvalue weighted by molar-refractivity contribution is -0.128. The number of nitrogens with one attached hydrogen (secondary N) is 1. The minimum absolute atomic E-state index is 0.272. The van der Waals surface area contributed by atoms with E-state index in [1.54, 1.807) is 0 Å². The molecule has 0 bridgehead atoms. The van der Waals surface area contributed by atoms with Gasteiger partial charge >= 0.3 is 0 Å². The maximum atomic E-state index is 12.0. The van der Waals surface area contributed by atoms with Gasteiger partial charge in [0.25, 0.3) is 0 Å². The van der Waals surface area contributed by atoms with Gasteiger partial charge in [0, 0.05) is 31.6 Å². The molecule has 1 aliphatic carbocycles. The summed E-state index contributed by atoms with van der Waals surface area (Å²) in [6, 6.07) is 6.16. The van der Waals surface area contributed by atoms with Gasteiger partial charge in [-0.15, -0.1) is 0 Å². The van der Waals surface area contributed by atoms with Crippen LogP contribution in [0, 0.1) is 5.92 Å². The molecule has 0 radical (unpaired) electrons. The van der Waals surface area contributed by atoms with Gasteiger partial charge in [0.2, 0.25) is 5.91 Å². The molecular formula is C17H22Cl2N2O. The number of hydrogen-bond acceptors (Lipinski definition) is 2. The fourth-order valence-electron chi connectivity index (χ4n) is 3.12. The van der Waals surface area contributed by atoms with Gasteiger partial charge in [-0.05, 0) is 43.4 Å². The normalized spacial score (nSPS) is 20.6. The zero-order valence-corrected chi connectivity index (χ0v) is 14.2. The third kappa shape index (κ3) is 3.95. The second-order valence-electron chi connectivity index (χ2n) is 6.44. The number of nitrogens with zero attached hydrogens (tertiary/aromatic N) is 1. The lowest BCUT2D eigenvalue weighted by Gasteiger charge is -2.34. The van der Waals surface area contributed by atoms with E-state index in [1.807, 2.05) is 18.2 Å². The molecule has 2 aliphatic rings. The Morgan fingerprint density at radius 1 is 1.14 bits per heavy atom. The van der Waals surface area contributed by atoms with E-state index >= 15 is 0 Å². The van der Waals surface area contributed by atoms with Crippen molar-refractivity contribution in [1.82, 2.24) is 10.2 Å². The number of likely N-dealkylation sites (tertiary alicyclic amines) is 1. The highest BCUT2D eigenvalue weighted by molar-refractivity contribution is 6.42. The van der Waals surface area contributed by atoms with Crippen molar-refractivity contribution >= 4 is 29.1 Å². The van der Waals surface area contributed by atoms with Crippen molar-refractivity contribution in [3.63, 3.8) is 0 Å². The number of amides is 1. The summed E-state index contributed by atoms with van der Waals surface area (Å²) in [6.45, 7) is 2.91. The van der Waals surface area contributed by atoms with E-state index in [4.69, 9.17) is 23.2 Å². The van der Waals surface area contributed by atoms with Crippen LogP contribution in [0.3, 0.4) is 0 Å². The monoisotopic (exact) mass is 340 g/mol. The van der Waals surface area contributed by atoms with Crippen LogP contribution in [0.1, 0.15) is 37.7 Å². The minimum atomic E-state index is 0.272. The van der Waals surface area contributed by atoms with E-state index in [9.17, 15) is 4.79 Å². The Bertz CT molecular complexity index is 537. The van der Waals surface area contributed by atoms with Gasteiger partial charge in [0.1, 0.15) is 0 Å². The van der Waals surface area contributed by atoms with Gasteiger partial charge in [-0.1, -0.05) is 35.7 Å². The van der Waals surface area contributed by atoms with Crippen LogP contribution in [-0.4, -0.2) is 29.9 Å². The average Bonchev–Trinajstić information content (AvgIpc) is 2.43. The minimum Gasteiger partial charge on any atom is -0.353 e. The van der Waals surface area contributed by atoms with E-state index in [0.717, 1.165) is 45.3 Å². The molecule has 120 valence electrons. The Labute approximate surface area is 142 Å². The van der Waals surface area contributed by atoms with E-state index in [-0.39, 0.29) is 11.8 Å². The topological polar surface area (TPSA) is 32.3 Å². The highest BCUT2D eigenvalue weighted by atomic mass is 35.5. The molecule has 1 saturated heterocycles. The summed E-state index contributed by atoms with van der Waals surface area (Å²) in [5.41, 5.74) is 1.19. The van der Waals surface area contributed by atoms with Gasteiger partial charge in [0.05, 0.1) is 10.0 Å². The molecule has 0 aromatic heterocycles. The molecule has 0 spiro atoms. The molecule has 1 amide bonds. The van der Waals surface area contributed by atoms with Crippen molar-refractivity contribution < 1.29 is 4.79 Å². The molecule has 1 aromatic carbocycles. The summed E-state index contributed by atoms with van der Waals surface area (Å²) in [5, 5.41) is 4.43. The molecule has 0 atom stereocenters. The predicted molar refractivity (Wildman–Crippen MR) is 90.2 cm³/mol.